The number of carbonyl (C=O) groups excluding carboxylic acids is 1. The number of carbonyl (C=O) groups is 1. The summed E-state index contributed by atoms with van der Waals surface area (Å²) in [6.07, 6.45) is -1.36. The van der Waals surface area contributed by atoms with Crippen LogP contribution in [-0.2, 0) is 6.18 Å². The number of pyridine rings is 2. The molecule has 1 atom stereocenters. The third-order valence-corrected chi connectivity index (χ3v) is 5.24. The number of nitrogens with zero attached hydrogens (tertiary/aromatic N) is 6. The van der Waals surface area contributed by atoms with Gasteiger partial charge in [-0.2, -0.15) is 23.3 Å². The highest BCUT2D eigenvalue weighted by Gasteiger charge is 2.38. The summed E-state index contributed by atoms with van der Waals surface area (Å²) in [6, 6.07) is 5.45. The van der Waals surface area contributed by atoms with Gasteiger partial charge in [-0.25, -0.2) is 4.98 Å². The van der Waals surface area contributed by atoms with Crippen molar-refractivity contribution in [3.8, 4) is 17.0 Å². The number of fused-ring (bicyclic) bond motifs is 1. The van der Waals surface area contributed by atoms with Gasteiger partial charge in [-0.3, -0.25) is 14.4 Å². The van der Waals surface area contributed by atoms with Crippen molar-refractivity contribution in [1.29, 1.82) is 0 Å². The van der Waals surface area contributed by atoms with Gasteiger partial charge in [0.25, 0.3) is 5.91 Å². The summed E-state index contributed by atoms with van der Waals surface area (Å²) >= 11 is 0. The van der Waals surface area contributed by atoms with E-state index in [1.807, 2.05) is 32.0 Å². The summed E-state index contributed by atoms with van der Waals surface area (Å²) in [5.41, 5.74) is 0.696. The van der Waals surface area contributed by atoms with Crippen molar-refractivity contribution in [2.24, 2.45) is 0 Å². The molecule has 3 aromatic heterocycles. The molecule has 1 aliphatic heterocycles. The molecule has 1 amide bonds. The molecule has 0 fully saturated rings. The highest BCUT2D eigenvalue weighted by Crippen LogP contribution is 2.38. The SMILES string of the molecule is COc1nc(N2C[C@H](C)n3ncc(-c4ccnc(N(C)C)c4)c3C2=O)ccc1C(F)(F)F. The van der Waals surface area contributed by atoms with Crippen LogP contribution in [0.5, 0.6) is 5.88 Å². The van der Waals surface area contributed by atoms with Gasteiger partial charge < -0.3 is 9.64 Å². The number of anilines is 2. The summed E-state index contributed by atoms with van der Waals surface area (Å²) in [4.78, 5) is 24.9. The molecule has 0 N–H and O–H groups in total. The van der Waals surface area contributed by atoms with E-state index < -0.39 is 23.5 Å². The fourth-order valence-corrected chi connectivity index (χ4v) is 3.65. The predicted molar refractivity (Wildman–Crippen MR) is 112 cm³/mol. The lowest BCUT2D eigenvalue weighted by Crippen LogP contribution is -2.43. The van der Waals surface area contributed by atoms with Gasteiger partial charge in [-0.05, 0) is 36.8 Å². The lowest BCUT2D eigenvalue weighted by Gasteiger charge is -2.32. The summed E-state index contributed by atoms with van der Waals surface area (Å²) in [6.45, 7) is 2.08. The number of rotatable bonds is 4. The third kappa shape index (κ3) is 3.63. The minimum absolute atomic E-state index is 0.0776. The van der Waals surface area contributed by atoms with Crippen LogP contribution in [0.1, 0.15) is 29.0 Å². The Hall–Kier alpha value is -3.63. The molecule has 32 heavy (non-hydrogen) atoms. The first-order valence-corrected chi connectivity index (χ1v) is 9.77. The minimum atomic E-state index is -4.62. The first kappa shape index (κ1) is 21.6. The third-order valence-electron chi connectivity index (χ3n) is 5.24. The van der Waals surface area contributed by atoms with Crippen LogP contribution in [0.3, 0.4) is 0 Å². The Labute approximate surface area is 182 Å². The molecule has 0 saturated carbocycles. The van der Waals surface area contributed by atoms with Crippen LogP contribution < -0.4 is 14.5 Å². The van der Waals surface area contributed by atoms with Crippen molar-refractivity contribution in [2.45, 2.75) is 19.1 Å². The Morgan fingerprint density at radius 1 is 1.22 bits per heavy atom. The molecular formula is C21H21F3N6O2. The molecule has 11 heteroatoms. The van der Waals surface area contributed by atoms with Gasteiger partial charge in [-0.15, -0.1) is 0 Å². The molecule has 0 unspecified atom stereocenters. The molecule has 4 rings (SSSR count). The number of methoxy groups -OCH3 is 1. The average molecular weight is 446 g/mol. The van der Waals surface area contributed by atoms with Crippen LogP contribution in [0.4, 0.5) is 24.8 Å². The van der Waals surface area contributed by atoms with Crippen molar-refractivity contribution in [2.75, 3.05) is 37.5 Å². The summed E-state index contributed by atoms with van der Waals surface area (Å²) in [7, 11) is 4.83. The number of halogens is 3. The minimum Gasteiger partial charge on any atom is -0.481 e. The Morgan fingerprint density at radius 3 is 2.62 bits per heavy atom. The average Bonchev–Trinajstić information content (AvgIpc) is 3.21. The molecule has 8 nitrogen and oxygen atoms in total. The zero-order valence-electron chi connectivity index (χ0n) is 17.9. The number of ether oxygens (including phenoxy) is 1. The summed E-state index contributed by atoms with van der Waals surface area (Å²) in [5, 5.41) is 4.39. The topological polar surface area (TPSA) is 76.4 Å². The predicted octanol–water partition coefficient (Wildman–Crippen LogP) is 3.65. The molecule has 1 aliphatic rings. The van der Waals surface area contributed by atoms with E-state index in [0.717, 1.165) is 18.7 Å². The normalized spacial score (nSPS) is 16.2. The van der Waals surface area contributed by atoms with Gasteiger partial charge in [-0.1, -0.05) is 0 Å². The van der Waals surface area contributed by atoms with E-state index in [4.69, 9.17) is 4.74 Å². The quantitative estimate of drug-likeness (QED) is 0.609. The standard InChI is InChI=1S/C21H21F3N6O2/c1-12-11-29(16-6-5-15(21(22,23)24)19(27-16)32-4)20(31)18-14(10-26-30(12)18)13-7-8-25-17(9-13)28(2)3/h5-10,12H,11H2,1-4H3/t12-/m0/s1. The maximum Gasteiger partial charge on any atom is 0.421 e. The van der Waals surface area contributed by atoms with Crippen LogP contribution in [0.25, 0.3) is 11.1 Å². The summed E-state index contributed by atoms with van der Waals surface area (Å²) in [5.74, 6) is -0.203. The van der Waals surface area contributed by atoms with Crippen molar-refractivity contribution in [3.63, 3.8) is 0 Å². The molecule has 0 spiro atoms. The first-order valence-electron chi connectivity index (χ1n) is 9.77. The smallest absolute Gasteiger partial charge is 0.421 e. The second kappa shape index (κ2) is 7.81. The van der Waals surface area contributed by atoms with Gasteiger partial charge in [0.2, 0.25) is 5.88 Å². The van der Waals surface area contributed by atoms with Crippen LogP contribution >= 0.6 is 0 Å². The molecular weight excluding hydrogens is 425 g/mol. The van der Waals surface area contributed by atoms with Crippen molar-refractivity contribution in [1.82, 2.24) is 19.7 Å². The Bertz CT molecular complexity index is 1170. The van der Waals surface area contributed by atoms with Gasteiger partial charge in [0.05, 0.1) is 19.3 Å². The molecule has 4 heterocycles. The number of hydrogen-bond acceptors (Lipinski definition) is 6. The molecule has 0 aromatic carbocycles. The maximum absolute atomic E-state index is 13.5. The van der Waals surface area contributed by atoms with Crippen LogP contribution in [0.15, 0.2) is 36.7 Å². The number of alkyl halides is 3. The Balaban J connectivity index is 1.78. The van der Waals surface area contributed by atoms with Gasteiger partial charge in [0.1, 0.15) is 22.9 Å². The largest absolute Gasteiger partial charge is 0.481 e. The molecule has 3 aromatic rings. The fourth-order valence-electron chi connectivity index (χ4n) is 3.65. The zero-order valence-corrected chi connectivity index (χ0v) is 17.9. The summed E-state index contributed by atoms with van der Waals surface area (Å²) < 4.78 is 46.1. The molecule has 0 aliphatic carbocycles. The van der Waals surface area contributed by atoms with Crippen molar-refractivity contribution in [3.05, 3.63) is 47.9 Å². The second-order valence-electron chi connectivity index (χ2n) is 7.64. The lowest BCUT2D eigenvalue weighted by atomic mass is 10.0. The monoisotopic (exact) mass is 446 g/mol. The van der Waals surface area contributed by atoms with E-state index in [1.54, 1.807) is 23.1 Å². The highest BCUT2D eigenvalue weighted by molar-refractivity contribution is 6.09. The molecule has 168 valence electrons. The number of aromatic nitrogens is 4. The van der Waals surface area contributed by atoms with Crippen LogP contribution in [0, 0.1) is 0 Å². The van der Waals surface area contributed by atoms with Gasteiger partial charge in [0.15, 0.2) is 0 Å². The van der Waals surface area contributed by atoms with Gasteiger partial charge in [0, 0.05) is 32.4 Å². The second-order valence-corrected chi connectivity index (χ2v) is 7.64. The van der Waals surface area contributed by atoms with Gasteiger partial charge >= 0.3 is 6.18 Å². The van der Waals surface area contributed by atoms with E-state index in [-0.39, 0.29) is 18.4 Å². The van der Waals surface area contributed by atoms with Crippen LogP contribution in [0.2, 0.25) is 0 Å². The molecule has 0 radical (unpaired) electrons. The van der Waals surface area contributed by atoms with E-state index in [0.29, 0.717) is 17.1 Å². The first-order chi connectivity index (χ1) is 15.1. The van der Waals surface area contributed by atoms with Crippen molar-refractivity contribution < 1.29 is 22.7 Å². The zero-order chi connectivity index (χ0) is 23.2. The Morgan fingerprint density at radius 2 is 1.97 bits per heavy atom. The highest BCUT2D eigenvalue weighted by atomic mass is 19.4. The van der Waals surface area contributed by atoms with E-state index >= 15 is 0 Å². The maximum atomic E-state index is 13.5. The number of hydrogen-bond donors (Lipinski definition) is 0. The van der Waals surface area contributed by atoms with E-state index in [2.05, 4.69) is 15.1 Å². The Kier molecular flexibility index (Phi) is 5.27. The van der Waals surface area contributed by atoms with Crippen molar-refractivity contribution >= 4 is 17.5 Å². The molecule has 0 saturated heterocycles. The number of amides is 1. The van der Waals surface area contributed by atoms with Crippen LogP contribution in [-0.4, -0.2) is 53.4 Å². The molecule has 0 bridgehead atoms. The fraction of sp³-hybridized carbons (Fsp3) is 0.333. The lowest BCUT2D eigenvalue weighted by molar-refractivity contribution is -0.139. The van der Waals surface area contributed by atoms with E-state index in [9.17, 15) is 18.0 Å². The van der Waals surface area contributed by atoms with E-state index in [1.165, 1.54) is 11.0 Å².